The van der Waals surface area contributed by atoms with Crippen LogP contribution in [0.15, 0.2) is 27.6 Å². The lowest BCUT2D eigenvalue weighted by molar-refractivity contribution is 0.199. The number of hydrogen-bond donors (Lipinski definition) is 1. The molecule has 0 bridgehead atoms. The predicted octanol–water partition coefficient (Wildman–Crippen LogP) is 3.07. The van der Waals surface area contributed by atoms with Crippen molar-refractivity contribution in [3.8, 4) is 0 Å². The Bertz CT molecular complexity index is 583. The first-order chi connectivity index (χ1) is 9.96. The molecule has 1 N–H and O–H groups in total. The summed E-state index contributed by atoms with van der Waals surface area (Å²) in [7, 11) is -3.58. The van der Waals surface area contributed by atoms with E-state index < -0.39 is 10.0 Å². The van der Waals surface area contributed by atoms with Crippen molar-refractivity contribution in [3.63, 3.8) is 0 Å². The summed E-state index contributed by atoms with van der Waals surface area (Å²) in [6, 6.07) is 5.26. The van der Waals surface area contributed by atoms with E-state index in [-0.39, 0.29) is 24.1 Å². The van der Waals surface area contributed by atoms with Gasteiger partial charge in [0.05, 0.1) is 11.5 Å². The van der Waals surface area contributed by atoms with Gasteiger partial charge in [-0.15, -0.1) is 0 Å². The summed E-state index contributed by atoms with van der Waals surface area (Å²) >= 11 is 3.36. The Hall–Kier alpha value is -0.430. The highest BCUT2D eigenvalue weighted by atomic mass is 79.9. The Labute approximate surface area is 135 Å². The molecule has 0 atom stereocenters. The second kappa shape index (κ2) is 7.22. The van der Waals surface area contributed by atoms with Gasteiger partial charge in [-0.05, 0) is 53.4 Å². The van der Waals surface area contributed by atoms with Gasteiger partial charge in [-0.2, -0.15) is 4.31 Å². The molecule has 1 saturated carbocycles. The van der Waals surface area contributed by atoms with Crippen molar-refractivity contribution in [2.75, 3.05) is 13.2 Å². The zero-order valence-corrected chi connectivity index (χ0v) is 14.7. The molecule has 1 aromatic rings. The third-order valence-corrected chi connectivity index (χ3v) is 6.90. The fraction of sp³-hybridized carbons (Fsp3) is 0.600. The van der Waals surface area contributed by atoms with E-state index in [1.165, 1.54) is 4.31 Å². The van der Waals surface area contributed by atoms with Gasteiger partial charge in [-0.25, -0.2) is 8.42 Å². The smallest absolute Gasteiger partial charge is 0.244 e. The van der Waals surface area contributed by atoms with Crippen LogP contribution in [0.4, 0.5) is 0 Å². The second-order valence-electron chi connectivity index (χ2n) is 5.57. The van der Waals surface area contributed by atoms with Crippen LogP contribution in [0.25, 0.3) is 0 Å². The van der Waals surface area contributed by atoms with E-state index in [2.05, 4.69) is 15.9 Å². The van der Waals surface area contributed by atoms with Crippen molar-refractivity contribution in [2.45, 2.75) is 50.0 Å². The van der Waals surface area contributed by atoms with Gasteiger partial charge in [0.15, 0.2) is 0 Å². The number of halogens is 1. The van der Waals surface area contributed by atoms with E-state index in [9.17, 15) is 13.5 Å². The zero-order valence-electron chi connectivity index (χ0n) is 12.3. The molecular weight excluding hydrogens is 354 g/mol. The van der Waals surface area contributed by atoms with Crippen LogP contribution in [-0.2, 0) is 10.0 Å². The van der Waals surface area contributed by atoms with Gasteiger partial charge in [-0.3, -0.25) is 0 Å². The summed E-state index contributed by atoms with van der Waals surface area (Å²) < 4.78 is 27.9. The Morgan fingerprint density at radius 1 is 1.29 bits per heavy atom. The molecule has 1 fully saturated rings. The maximum atomic E-state index is 12.9. The van der Waals surface area contributed by atoms with Crippen LogP contribution in [0.2, 0.25) is 0 Å². The maximum Gasteiger partial charge on any atom is 0.244 e. The molecule has 0 radical (unpaired) electrons. The minimum atomic E-state index is -3.58. The highest BCUT2D eigenvalue weighted by Gasteiger charge is 2.33. The molecule has 118 valence electrons. The lowest BCUT2D eigenvalue weighted by Crippen LogP contribution is -2.43. The number of aryl methyl sites for hydroxylation is 1. The van der Waals surface area contributed by atoms with Gasteiger partial charge in [0.25, 0.3) is 0 Å². The van der Waals surface area contributed by atoms with Crippen molar-refractivity contribution in [2.24, 2.45) is 0 Å². The number of sulfonamides is 1. The van der Waals surface area contributed by atoms with Crippen LogP contribution >= 0.6 is 15.9 Å². The Morgan fingerprint density at radius 2 is 1.95 bits per heavy atom. The molecular formula is C15H22BrNO3S. The quantitative estimate of drug-likeness (QED) is 0.859. The first-order valence-corrected chi connectivity index (χ1v) is 9.59. The van der Waals surface area contributed by atoms with E-state index in [4.69, 9.17) is 0 Å². The van der Waals surface area contributed by atoms with Crippen molar-refractivity contribution in [1.82, 2.24) is 4.31 Å². The van der Waals surface area contributed by atoms with Crippen LogP contribution in [0, 0.1) is 6.92 Å². The molecule has 6 heteroatoms. The molecule has 0 unspecified atom stereocenters. The van der Waals surface area contributed by atoms with E-state index >= 15 is 0 Å². The minimum absolute atomic E-state index is 0.00380. The molecule has 0 spiro atoms. The molecule has 2 rings (SSSR count). The molecule has 1 aliphatic carbocycles. The Morgan fingerprint density at radius 3 is 2.52 bits per heavy atom. The van der Waals surface area contributed by atoms with Crippen molar-refractivity contribution in [1.29, 1.82) is 0 Å². The number of hydrogen-bond acceptors (Lipinski definition) is 3. The summed E-state index contributed by atoms with van der Waals surface area (Å²) in [6.45, 7) is 1.93. The monoisotopic (exact) mass is 375 g/mol. The van der Waals surface area contributed by atoms with Gasteiger partial charge >= 0.3 is 0 Å². The fourth-order valence-electron chi connectivity index (χ4n) is 2.91. The third-order valence-electron chi connectivity index (χ3n) is 3.98. The number of benzene rings is 1. The molecule has 0 aromatic heterocycles. The zero-order chi connectivity index (χ0) is 15.5. The minimum Gasteiger partial charge on any atom is -0.395 e. The summed E-state index contributed by atoms with van der Waals surface area (Å²) in [6.07, 6.45) is 5.03. The second-order valence-corrected chi connectivity index (χ2v) is 8.28. The van der Waals surface area contributed by atoms with Crippen LogP contribution < -0.4 is 0 Å². The average molecular weight is 376 g/mol. The van der Waals surface area contributed by atoms with Gasteiger partial charge in [0.1, 0.15) is 0 Å². The standard InChI is InChI=1S/C15H22BrNO3S/c1-12-7-8-15(14(16)11-12)21(19,20)17(9-10-18)13-5-3-2-4-6-13/h7-8,11,13,18H,2-6,9-10H2,1H3. The highest BCUT2D eigenvalue weighted by molar-refractivity contribution is 9.10. The van der Waals surface area contributed by atoms with Gasteiger partial charge in [0, 0.05) is 17.1 Å². The van der Waals surface area contributed by atoms with E-state index in [1.807, 2.05) is 13.0 Å². The number of rotatable bonds is 5. The number of nitrogens with zero attached hydrogens (tertiary/aromatic N) is 1. The molecule has 0 saturated heterocycles. The topological polar surface area (TPSA) is 57.6 Å². The average Bonchev–Trinajstić information content (AvgIpc) is 2.45. The van der Waals surface area contributed by atoms with Crippen LogP contribution in [-0.4, -0.2) is 37.0 Å². The van der Waals surface area contributed by atoms with Crippen molar-refractivity contribution < 1.29 is 13.5 Å². The SMILES string of the molecule is Cc1ccc(S(=O)(=O)N(CCO)C2CCCCC2)c(Br)c1. The molecule has 0 heterocycles. The lowest BCUT2D eigenvalue weighted by Gasteiger charge is -2.33. The summed E-state index contributed by atoms with van der Waals surface area (Å²) in [5.74, 6) is 0. The van der Waals surface area contributed by atoms with Gasteiger partial charge in [0.2, 0.25) is 10.0 Å². The van der Waals surface area contributed by atoms with E-state index in [1.54, 1.807) is 12.1 Å². The van der Waals surface area contributed by atoms with Crippen LogP contribution in [0.5, 0.6) is 0 Å². The Balaban J connectivity index is 2.36. The van der Waals surface area contributed by atoms with Gasteiger partial charge < -0.3 is 5.11 Å². The third kappa shape index (κ3) is 3.86. The fourth-order valence-corrected chi connectivity index (χ4v) is 5.74. The van der Waals surface area contributed by atoms with Crippen LogP contribution in [0.1, 0.15) is 37.7 Å². The Kier molecular flexibility index (Phi) is 5.82. The van der Waals surface area contributed by atoms with Crippen molar-refractivity contribution >= 4 is 26.0 Å². The lowest BCUT2D eigenvalue weighted by atomic mass is 9.95. The van der Waals surface area contributed by atoms with Crippen molar-refractivity contribution in [3.05, 3.63) is 28.2 Å². The summed E-state index contributed by atoms with van der Waals surface area (Å²) in [4.78, 5) is 0.284. The highest BCUT2D eigenvalue weighted by Crippen LogP contribution is 2.31. The molecule has 0 aliphatic heterocycles. The molecule has 4 nitrogen and oxygen atoms in total. The van der Waals surface area contributed by atoms with E-state index in [0.29, 0.717) is 4.47 Å². The molecule has 1 aliphatic rings. The first-order valence-electron chi connectivity index (χ1n) is 7.35. The van der Waals surface area contributed by atoms with E-state index in [0.717, 1.165) is 37.7 Å². The normalized spacial score (nSPS) is 17.3. The number of aliphatic hydroxyl groups excluding tert-OH is 1. The molecule has 0 amide bonds. The molecule has 21 heavy (non-hydrogen) atoms. The molecule has 1 aromatic carbocycles. The van der Waals surface area contributed by atoms with Gasteiger partial charge in [-0.1, -0.05) is 25.3 Å². The largest absolute Gasteiger partial charge is 0.395 e. The number of aliphatic hydroxyl groups is 1. The predicted molar refractivity (Wildman–Crippen MR) is 86.7 cm³/mol. The summed E-state index contributed by atoms with van der Waals surface area (Å²) in [5.41, 5.74) is 1.01. The first kappa shape index (κ1) is 16.9. The summed E-state index contributed by atoms with van der Waals surface area (Å²) in [5, 5.41) is 9.27. The van der Waals surface area contributed by atoms with Crippen LogP contribution in [0.3, 0.4) is 0 Å². The maximum absolute atomic E-state index is 12.9.